The van der Waals surface area contributed by atoms with E-state index in [9.17, 15) is 14.5 Å². The first kappa shape index (κ1) is 13.9. The highest BCUT2D eigenvalue weighted by atomic mass is 19.1. The van der Waals surface area contributed by atoms with Crippen LogP contribution in [-0.2, 0) is 6.54 Å². The van der Waals surface area contributed by atoms with E-state index in [-0.39, 0.29) is 0 Å². The molecule has 5 heteroatoms. The summed E-state index contributed by atoms with van der Waals surface area (Å²) < 4.78 is 14.0. The minimum Gasteiger partial charge on any atom is -0.299 e. The van der Waals surface area contributed by atoms with E-state index in [1.54, 1.807) is 12.1 Å². The first-order valence-corrected chi connectivity index (χ1v) is 6.53. The number of nitrogens with zero attached hydrogens (tertiary/aromatic N) is 2. The molecule has 1 saturated heterocycles. The van der Waals surface area contributed by atoms with Crippen molar-refractivity contribution >= 4 is 5.69 Å². The summed E-state index contributed by atoms with van der Waals surface area (Å²) >= 11 is 0. The summed E-state index contributed by atoms with van der Waals surface area (Å²) in [7, 11) is 0. The number of nitro groups is 1. The van der Waals surface area contributed by atoms with Gasteiger partial charge in [-0.25, -0.2) is 0 Å². The second-order valence-corrected chi connectivity index (χ2v) is 5.95. The molecule has 0 amide bonds. The summed E-state index contributed by atoms with van der Waals surface area (Å²) in [5, 5.41) is 10.7. The molecule has 0 spiro atoms. The highest BCUT2D eigenvalue weighted by Gasteiger charge is 2.26. The number of benzene rings is 1. The van der Waals surface area contributed by atoms with Gasteiger partial charge in [-0.2, -0.15) is 4.39 Å². The molecule has 19 heavy (non-hydrogen) atoms. The van der Waals surface area contributed by atoms with Gasteiger partial charge in [0.15, 0.2) is 0 Å². The van der Waals surface area contributed by atoms with E-state index in [0.29, 0.717) is 17.5 Å². The Kier molecular flexibility index (Phi) is 3.85. The fourth-order valence-corrected chi connectivity index (χ4v) is 2.39. The van der Waals surface area contributed by atoms with Crippen LogP contribution in [0.2, 0.25) is 0 Å². The van der Waals surface area contributed by atoms with Gasteiger partial charge in [-0.15, -0.1) is 0 Å². The van der Waals surface area contributed by atoms with Gasteiger partial charge in [0, 0.05) is 18.2 Å². The predicted molar refractivity (Wildman–Crippen MR) is 71.3 cm³/mol. The van der Waals surface area contributed by atoms with Gasteiger partial charge in [-0.1, -0.05) is 26.0 Å². The van der Waals surface area contributed by atoms with E-state index >= 15 is 0 Å². The first-order valence-electron chi connectivity index (χ1n) is 6.53. The Morgan fingerprint density at radius 1 is 1.37 bits per heavy atom. The van der Waals surface area contributed by atoms with Crippen LogP contribution in [0.5, 0.6) is 0 Å². The third-order valence-electron chi connectivity index (χ3n) is 3.86. The second-order valence-electron chi connectivity index (χ2n) is 5.95. The minimum absolute atomic E-state index is 0.345. The van der Waals surface area contributed by atoms with Crippen molar-refractivity contribution < 1.29 is 9.31 Å². The number of hydrogen-bond donors (Lipinski definition) is 0. The molecule has 1 aromatic carbocycles. The van der Waals surface area contributed by atoms with Crippen molar-refractivity contribution in [3.8, 4) is 0 Å². The number of piperidine rings is 1. The molecule has 4 nitrogen and oxygen atoms in total. The smallest absolute Gasteiger partial charge is 0.299 e. The summed E-state index contributed by atoms with van der Waals surface area (Å²) in [6.45, 7) is 6.74. The van der Waals surface area contributed by atoms with Crippen LogP contribution in [0.4, 0.5) is 10.1 Å². The number of rotatable bonds is 3. The lowest BCUT2D eigenvalue weighted by Gasteiger charge is -2.36. The zero-order chi connectivity index (χ0) is 14.0. The number of nitro benzene ring substituents is 1. The number of hydrogen-bond acceptors (Lipinski definition) is 3. The van der Waals surface area contributed by atoms with Gasteiger partial charge in [0.2, 0.25) is 5.82 Å². The molecule has 0 atom stereocenters. The zero-order valence-corrected chi connectivity index (χ0v) is 11.4. The van der Waals surface area contributed by atoms with Gasteiger partial charge in [0.25, 0.3) is 0 Å². The zero-order valence-electron chi connectivity index (χ0n) is 11.4. The second kappa shape index (κ2) is 5.25. The Morgan fingerprint density at radius 3 is 2.58 bits per heavy atom. The summed E-state index contributed by atoms with van der Waals surface area (Å²) in [6.07, 6.45) is 2.15. The van der Waals surface area contributed by atoms with Gasteiger partial charge in [0.1, 0.15) is 0 Å². The summed E-state index contributed by atoms with van der Waals surface area (Å²) in [5.41, 5.74) is 0.321. The van der Waals surface area contributed by atoms with Crippen LogP contribution in [0.3, 0.4) is 0 Å². The molecule has 1 aliphatic heterocycles. The van der Waals surface area contributed by atoms with E-state index in [1.165, 1.54) is 6.07 Å². The fraction of sp³-hybridized carbons (Fsp3) is 0.571. The van der Waals surface area contributed by atoms with Crippen LogP contribution in [-0.4, -0.2) is 22.9 Å². The normalized spacial score (nSPS) is 19.3. The molecule has 1 aromatic rings. The molecule has 0 radical (unpaired) electrons. The maximum absolute atomic E-state index is 14.0. The van der Waals surface area contributed by atoms with Crippen LogP contribution in [0.25, 0.3) is 0 Å². The molecule has 2 rings (SSSR count). The lowest BCUT2D eigenvalue weighted by molar-refractivity contribution is -0.387. The Hall–Kier alpha value is -1.49. The van der Waals surface area contributed by atoms with Crippen molar-refractivity contribution in [1.82, 2.24) is 4.90 Å². The number of likely N-dealkylation sites (tertiary alicyclic amines) is 1. The molecule has 104 valence electrons. The molecule has 0 saturated carbocycles. The highest BCUT2D eigenvalue weighted by molar-refractivity contribution is 5.36. The van der Waals surface area contributed by atoms with Crippen molar-refractivity contribution in [2.45, 2.75) is 33.2 Å². The summed E-state index contributed by atoms with van der Waals surface area (Å²) in [4.78, 5) is 12.2. The molecule has 1 heterocycles. The minimum atomic E-state index is -0.697. The maximum atomic E-state index is 14.0. The lowest BCUT2D eigenvalue weighted by atomic mass is 9.82. The SMILES string of the molecule is CC1(C)CCN(Cc2cccc([N+](=O)[O-])c2F)CC1. The Labute approximate surface area is 112 Å². The average molecular weight is 266 g/mol. The van der Waals surface area contributed by atoms with Crippen molar-refractivity contribution in [2.24, 2.45) is 5.41 Å². The van der Waals surface area contributed by atoms with Crippen LogP contribution in [0, 0.1) is 21.3 Å². The van der Waals surface area contributed by atoms with Crippen LogP contribution in [0.1, 0.15) is 32.3 Å². The fourth-order valence-electron chi connectivity index (χ4n) is 2.39. The predicted octanol–water partition coefficient (Wildman–Crippen LogP) is 3.36. The monoisotopic (exact) mass is 266 g/mol. The van der Waals surface area contributed by atoms with E-state index < -0.39 is 16.4 Å². The van der Waals surface area contributed by atoms with Gasteiger partial charge in [-0.05, 0) is 31.3 Å². The summed E-state index contributed by atoms with van der Waals surface area (Å²) in [6, 6.07) is 4.38. The standard InChI is InChI=1S/C14H19FN2O2/c1-14(2)6-8-16(9-7-14)10-11-4-3-5-12(13(11)15)17(18)19/h3-5H,6-10H2,1-2H3. The molecule has 0 aromatic heterocycles. The van der Waals surface area contributed by atoms with E-state index in [4.69, 9.17) is 0 Å². The Morgan fingerprint density at radius 2 is 2.00 bits per heavy atom. The van der Waals surface area contributed by atoms with Crippen LogP contribution in [0.15, 0.2) is 18.2 Å². The molecule has 0 bridgehead atoms. The average Bonchev–Trinajstić information content (AvgIpc) is 2.34. The molecule has 0 aliphatic carbocycles. The molecule has 1 fully saturated rings. The van der Waals surface area contributed by atoms with E-state index in [0.717, 1.165) is 25.9 Å². The van der Waals surface area contributed by atoms with Crippen molar-refractivity contribution in [3.05, 3.63) is 39.7 Å². The molecule has 1 aliphatic rings. The quantitative estimate of drug-likeness (QED) is 0.622. The third kappa shape index (κ3) is 3.29. The highest BCUT2D eigenvalue weighted by Crippen LogP contribution is 2.31. The molecule has 0 N–H and O–H groups in total. The van der Waals surface area contributed by atoms with E-state index in [2.05, 4.69) is 18.7 Å². The van der Waals surface area contributed by atoms with Crippen LogP contribution >= 0.6 is 0 Å². The Balaban J connectivity index is 2.08. The maximum Gasteiger partial charge on any atom is 0.305 e. The lowest BCUT2D eigenvalue weighted by Crippen LogP contribution is -2.37. The first-order chi connectivity index (χ1) is 8.89. The topological polar surface area (TPSA) is 46.4 Å². The van der Waals surface area contributed by atoms with Gasteiger partial charge >= 0.3 is 5.69 Å². The largest absolute Gasteiger partial charge is 0.305 e. The van der Waals surface area contributed by atoms with Gasteiger partial charge < -0.3 is 0 Å². The molecular formula is C14H19FN2O2. The van der Waals surface area contributed by atoms with Crippen LogP contribution < -0.4 is 0 Å². The van der Waals surface area contributed by atoms with Gasteiger partial charge in [0.05, 0.1) is 4.92 Å². The number of halogens is 1. The van der Waals surface area contributed by atoms with E-state index in [1.807, 2.05) is 0 Å². The Bertz CT molecular complexity index is 478. The van der Waals surface area contributed by atoms with Gasteiger partial charge in [-0.3, -0.25) is 15.0 Å². The third-order valence-corrected chi connectivity index (χ3v) is 3.86. The molecular weight excluding hydrogens is 247 g/mol. The van der Waals surface area contributed by atoms with Crippen molar-refractivity contribution in [2.75, 3.05) is 13.1 Å². The summed E-state index contributed by atoms with van der Waals surface area (Å²) in [5.74, 6) is -0.697. The molecule has 0 unspecified atom stereocenters. The van der Waals surface area contributed by atoms with Crippen molar-refractivity contribution in [1.29, 1.82) is 0 Å². The van der Waals surface area contributed by atoms with Crippen molar-refractivity contribution in [3.63, 3.8) is 0 Å².